The molecule has 0 heterocycles. The lowest BCUT2D eigenvalue weighted by atomic mass is 10.1. The highest BCUT2D eigenvalue weighted by molar-refractivity contribution is 7.92. The third-order valence-electron chi connectivity index (χ3n) is 4.16. The average Bonchev–Trinajstić information content (AvgIpc) is 2.55. The molecule has 0 aliphatic rings. The Kier molecular flexibility index (Phi) is 5.92. The van der Waals surface area contributed by atoms with Gasteiger partial charge in [0.25, 0.3) is 0 Å². The number of benzene rings is 2. The van der Waals surface area contributed by atoms with E-state index in [-0.39, 0.29) is 6.54 Å². The lowest BCUT2D eigenvalue weighted by Crippen LogP contribution is -2.38. The minimum absolute atomic E-state index is 0.319. The van der Waals surface area contributed by atoms with Gasteiger partial charge in [-0.2, -0.15) is 0 Å². The average molecular weight is 376 g/mol. The number of aryl methyl sites for hydroxylation is 2. The summed E-state index contributed by atoms with van der Waals surface area (Å²) in [6.07, 6.45) is 1.09. The first-order valence-corrected chi connectivity index (χ1v) is 9.96. The smallest absolute Gasteiger partial charge is 0.245 e. The minimum atomic E-state index is -3.63. The third-order valence-corrected chi connectivity index (χ3v) is 5.29. The molecule has 2 aromatic carbocycles. The number of hydrogen-bond donors (Lipinski definition) is 1. The number of methoxy groups -OCH3 is 1. The van der Waals surface area contributed by atoms with E-state index in [1.807, 2.05) is 32.9 Å². The summed E-state index contributed by atoms with van der Waals surface area (Å²) in [4.78, 5) is 12.5. The first-order valence-electron chi connectivity index (χ1n) is 8.12. The second-order valence-electron chi connectivity index (χ2n) is 6.24. The molecule has 0 fully saturated rings. The van der Waals surface area contributed by atoms with Crippen molar-refractivity contribution in [3.05, 3.63) is 53.1 Å². The fraction of sp³-hybridized carbons (Fsp3) is 0.316. The predicted octanol–water partition coefficient (Wildman–Crippen LogP) is 3.03. The molecule has 0 aliphatic carbocycles. The van der Waals surface area contributed by atoms with Gasteiger partial charge in [-0.1, -0.05) is 18.2 Å². The largest absolute Gasteiger partial charge is 0.495 e. The van der Waals surface area contributed by atoms with Crippen molar-refractivity contribution in [2.45, 2.75) is 20.8 Å². The summed E-state index contributed by atoms with van der Waals surface area (Å²) in [6, 6.07) is 10.8. The standard InChI is InChI=1S/C19H24N2O4S/c1-13-9-10-18(25-4)16(11-13)20-19(22)12-21(26(5,23)24)17-8-6-7-14(2)15(17)3/h6-11H,12H2,1-5H3,(H,20,22). The zero-order valence-electron chi connectivity index (χ0n) is 15.7. The van der Waals surface area contributed by atoms with Crippen LogP contribution in [0.15, 0.2) is 36.4 Å². The van der Waals surface area contributed by atoms with Crippen LogP contribution in [0.1, 0.15) is 16.7 Å². The van der Waals surface area contributed by atoms with Gasteiger partial charge in [0.2, 0.25) is 15.9 Å². The summed E-state index contributed by atoms with van der Waals surface area (Å²) < 4.78 is 30.9. The van der Waals surface area contributed by atoms with E-state index in [9.17, 15) is 13.2 Å². The zero-order chi connectivity index (χ0) is 19.5. The normalized spacial score (nSPS) is 11.1. The Labute approximate surface area is 154 Å². The molecule has 0 saturated carbocycles. The molecule has 7 heteroatoms. The fourth-order valence-electron chi connectivity index (χ4n) is 2.63. The number of amides is 1. The van der Waals surface area contributed by atoms with Crippen molar-refractivity contribution in [1.82, 2.24) is 0 Å². The summed E-state index contributed by atoms with van der Waals surface area (Å²) in [5.41, 5.74) is 3.73. The van der Waals surface area contributed by atoms with Crippen LogP contribution in [-0.2, 0) is 14.8 Å². The van der Waals surface area contributed by atoms with Crippen LogP contribution in [0.5, 0.6) is 5.75 Å². The van der Waals surface area contributed by atoms with Crippen molar-refractivity contribution in [2.75, 3.05) is 29.5 Å². The summed E-state index contributed by atoms with van der Waals surface area (Å²) in [5.74, 6) is 0.0711. The molecule has 0 atom stereocenters. The molecule has 0 aliphatic heterocycles. The summed E-state index contributed by atoms with van der Waals surface area (Å²) in [6.45, 7) is 5.32. The van der Waals surface area contributed by atoms with Crippen molar-refractivity contribution in [2.24, 2.45) is 0 Å². The Bertz CT molecular complexity index is 923. The van der Waals surface area contributed by atoms with E-state index in [0.717, 1.165) is 27.3 Å². The Hall–Kier alpha value is -2.54. The molecule has 0 radical (unpaired) electrons. The first-order chi connectivity index (χ1) is 12.1. The number of rotatable bonds is 6. The quantitative estimate of drug-likeness (QED) is 0.841. The van der Waals surface area contributed by atoms with Crippen LogP contribution in [0.25, 0.3) is 0 Å². The number of sulfonamides is 1. The van der Waals surface area contributed by atoms with Gasteiger partial charge < -0.3 is 10.1 Å². The van der Waals surface area contributed by atoms with E-state index >= 15 is 0 Å². The number of carbonyl (C=O) groups excluding carboxylic acids is 1. The number of ether oxygens (including phenoxy) is 1. The van der Waals surface area contributed by atoms with Gasteiger partial charge in [-0.3, -0.25) is 9.10 Å². The molecular weight excluding hydrogens is 352 g/mol. The second kappa shape index (κ2) is 7.78. The van der Waals surface area contributed by atoms with Crippen LogP contribution in [-0.4, -0.2) is 34.2 Å². The molecule has 6 nitrogen and oxygen atoms in total. The van der Waals surface area contributed by atoms with Crippen LogP contribution in [0, 0.1) is 20.8 Å². The van der Waals surface area contributed by atoms with Gasteiger partial charge in [0.05, 0.1) is 24.7 Å². The number of nitrogens with zero attached hydrogens (tertiary/aromatic N) is 1. The molecule has 140 valence electrons. The van der Waals surface area contributed by atoms with Crippen molar-refractivity contribution in [1.29, 1.82) is 0 Å². The van der Waals surface area contributed by atoms with Gasteiger partial charge in [0.1, 0.15) is 12.3 Å². The van der Waals surface area contributed by atoms with Gasteiger partial charge in [-0.05, 0) is 55.7 Å². The molecule has 0 unspecified atom stereocenters. The Morgan fingerprint density at radius 1 is 1.15 bits per heavy atom. The maximum Gasteiger partial charge on any atom is 0.245 e. The zero-order valence-corrected chi connectivity index (χ0v) is 16.5. The highest BCUT2D eigenvalue weighted by Gasteiger charge is 2.23. The van der Waals surface area contributed by atoms with Crippen molar-refractivity contribution in [3.8, 4) is 5.75 Å². The lowest BCUT2D eigenvalue weighted by molar-refractivity contribution is -0.114. The number of carbonyl (C=O) groups is 1. The molecule has 0 aromatic heterocycles. The number of nitrogens with one attached hydrogen (secondary N) is 1. The van der Waals surface area contributed by atoms with Gasteiger partial charge in [-0.25, -0.2) is 8.42 Å². The highest BCUT2D eigenvalue weighted by Crippen LogP contribution is 2.27. The second-order valence-corrected chi connectivity index (χ2v) is 8.15. The maximum absolute atomic E-state index is 12.5. The van der Waals surface area contributed by atoms with Gasteiger partial charge in [0.15, 0.2) is 0 Å². The highest BCUT2D eigenvalue weighted by atomic mass is 32.2. The van der Waals surface area contributed by atoms with Crippen LogP contribution >= 0.6 is 0 Å². The number of hydrogen-bond acceptors (Lipinski definition) is 4. The summed E-state index contributed by atoms with van der Waals surface area (Å²) >= 11 is 0. The molecular formula is C19H24N2O4S. The maximum atomic E-state index is 12.5. The topological polar surface area (TPSA) is 75.7 Å². The van der Waals surface area contributed by atoms with Crippen molar-refractivity contribution < 1.29 is 17.9 Å². The van der Waals surface area contributed by atoms with Gasteiger partial charge in [-0.15, -0.1) is 0 Å². The Balaban J connectivity index is 2.31. The molecule has 1 amide bonds. The fourth-order valence-corrected chi connectivity index (χ4v) is 3.53. The lowest BCUT2D eigenvalue weighted by Gasteiger charge is -2.24. The molecule has 2 rings (SSSR count). The van der Waals surface area contributed by atoms with Crippen LogP contribution in [0.3, 0.4) is 0 Å². The molecule has 26 heavy (non-hydrogen) atoms. The van der Waals surface area contributed by atoms with Crippen LogP contribution < -0.4 is 14.4 Å². The van der Waals surface area contributed by atoms with Gasteiger partial charge in [0, 0.05) is 0 Å². The minimum Gasteiger partial charge on any atom is -0.495 e. The first kappa shape index (κ1) is 19.8. The van der Waals surface area contributed by atoms with Crippen LogP contribution in [0.4, 0.5) is 11.4 Å². The molecule has 1 N–H and O–H groups in total. The number of anilines is 2. The SMILES string of the molecule is COc1ccc(C)cc1NC(=O)CN(c1cccc(C)c1C)S(C)(=O)=O. The monoisotopic (exact) mass is 376 g/mol. The Morgan fingerprint density at radius 2 is 1.85 bits per heavy atom. The molecule has 0 bridgehead atoms. The Morgan fingerprint density at radius 3 is 2.46 bits per heavy atom. The molecule has 0 spiro atoms. The summed E-state index contributed by atoms with van der Waals surface area (Å²) in [7, 11) is -2.11. The summed E-state index contributed by atoms with van der Waals surface area (Å²) in [5, 5.41) is 2.74. The van der Waals surface area contributed by atoms with Gasteiger partial charge >= 0.3 is 0 Å². The molecule has 0 saturated heterocycles. The van der Waals surface area contributed by atoms with E-state index in [1.165, 1.54) is 7.11 Å². The van der Waals surface area contributed by atoms with Crippen LogP contribution in [0.2, 0.25) is 0 Å². The van der Waals surface area contributed by atoms with Crippen molar-refractivity contribution in [3.63, 3.8) is 0 Å². The van der Waals surface area contributed by atoms with E-state index in [0.29, 0.717) is 17.1 Å². The van der Waals surface area contributed by atoms with E-state index in [2.05, 4.69) is 5.32 Å². The predicted molar refractivity (Wildman–Crippen MR) is 104 cm³/mol. The van der Waals surface area contributed by atoms with E-state index in [1.54, 1.807) is 24.3 Å². The third kappa shape index (κ3) is 4.54. The van der Waals surface area contributed by atoms with E-state index < -0.39 is 15.9 Å². The van der Waals surface area contributed by atoms with E-state index in [4.69, 9.17) is 4.74 Å². The van der Waals surface area contributed by atoms with Crippen molar-refractivity contribution >= 4 is 27.3 Å². The molecule has 2 aromatic rings.